The van der Waals surface area contributed by atoms with Crippen molar-refractivity contribution >= 4 is 17.8 Å². The largest absolute Gasteiger partial charge is 0.480 e. The summed E-state index contributed by atoms with van der Waals surface area (Å²) in [6, 6.07) is 9.90. The molecule has 7 heteroatoms. The summed E-state index contributed by atoms with van der Waals surface area (Å²) in [4.78, 5) is 35.2. The van der Waals surface area contributed by atoms with Gasteiger partial charge in [-0.05, 0) is 35.9 Å². The highest BCUT2D eigenvalue weighted by Crippen LogP contribution is 2.09. The summed E-state index contributed by atoms with van der Waals surface area (Å²) in [5.41, 5.74) is 0.881. The number of hydrogen-bond acceptors (Lipinski definition) is 4. The van der Waals surface area contributed by atoms with Crippen molar-refractivity contribution in [3.63, 3.8) is 0 Å². The van der Waals surface area contributed by atoms with Gasteiger partial charge in [0.25, 0.3) is 5.91 Å². The topological polar surface area (TPSA) is 92.7 Å². The van der Waals surface area contributed by atoms with Crippen LogP contribution in [0.3, 0.4) is 0 Å². The predicted octanol–water partition coefficient (Wildman–Crippen LogP) is 2.04. The second-order valence-corrected chi connectivity index (χ2v) is 5.27. The number of methoxy groups -OCH3 is 1. The number of carboxylic acids is 1. The molecule has 0 spiro atoms. The maximum Gasteiger partial charge on any atom is 0.337 e. The Morgan fingerprint density at radius 3 is 2.36 bits per heavy atom. The number of carbonyl (C=O) groups is 3. The minimum absolute atomic E-state index is 0.00194. The first-order chi connectivity index (χ1) is 11.9. The van der Waals surface area contributed by atoms with Crippen LogP contribution in [0.25, 0.3) is 0 Å². The predicted molar refractivity (Wildman–Crippen MR) is 86.8 cm³/mol. The van der Waals surface area contributed by atoms with Crippen molar-refractivity contribution < 1.29 is 28.6 Å². The maximum absolute atomic E-state index is 12.9. The van der Waals surface area contributed by atoms with Crippen LogP contribution in [0.15, 0.2) is 48.5 Å². The summed E-state index contributed by atoms with van der Waals surface area (Å²) in [5, 5.41) is 11.7. The van der Waals surface area contributed by atoms with E-state index < -0.39 is 29.7 Å². The highest BCUT2D eigenvalue weighted by Gasteiger charge is 2.21. The van der Waals surface area contributed by atoms with E-state index in [0.29, 0.717) is 5.56 Å². The third-order valence-corrected chi connectivity index (χ3v) is 3.50. The van der Waals surface area contributed by atoms with E-state index >= 15 is 0 Å². The minimum Gasteiger partial charge on any atom is -0.480 e. The van der Waals surface area contributed by atoms with Crippen LogP contribution in [0.4, 0.5) is 4.39 Å². The molecule has 0 aliphatic rings. The van der Waals surface area contributed by atoms with Gasteiger partial charge in [-0.3, -0.25) is 4.79 Å². The third kappa shape index (κ3) is 4.87. The molecule has 2 aromatic rings. The molecule has 0 aliphatic heterocycles. The highest BCUT2D eigenvalue weighted by atomic mass is 19.1. The number of hydrogen-bond donors (Lipinski definition) is 2. The normalized spacial score (nSPS) is 11.4. The summed E-state index contributed by atoms with van der Waals surface area (Å²) < 4.78 is 17.5. The van der Waals surface area contributed by atoms with Crippen molar-refractivity contribution in [2.24, 2.45) is 0 Å². The average molecular weight is 345 g/mol. The zero-order valence-corrected chi connectivity index (χ0v) is 13.4. The Labute approximate surface area is 143 Å². The number of nitrogens with one attached hydrogen (secondary N) is 1. The number of carboxylic acid groups (broad SMARTS) is 1. The number of ether oxygens (including phenoxy) is 1. The van der Waals surface area contributed by atoms with Crippen molar-refractivity contribution in [2.45, 2.75) is 12.5 Å². The van der Waals surface area contributed by atoms with Crippen LogP contribution < -0.4 is 5.32 Å². The molecule has 0 unspecified atom stereocenters. The Bertz CT molecular complexity index is 788. The quantitative estimate of drug-likeness (QED) is 0.782. The van der Waals surface area contributed by atoms with E-state index in [4.69, 9.17) is 0 Å². The minimum atomic E-state index is -1.22. The number of esters is 1. The molecule has 2 N–H and O–H groups in total. The smallest absolute Gasteiger partial charge is 0.337 e. The highest BCUT2D eigenvalue weighted by molar-refractivity contribution is 5.99. The van der Waals surface area contributed by atoms with E-state index in [2.05, 4.69) is 10.1 Å². The Kier molecular flexibility index (Phi) is 5.84. The van der Waals surface area contributed by atoms with Crippen LogP contribution in [0, 0.1) is 5.82 Å². The Balaban J connectivity index is 2.13. The fraction of sp³-hybridized carbons (Fsp3) is 0.167. The van der Waals surface area contributed by atoms with Gasteiger partial charge >= 0.3 is 11.9 Å². The number of amides is 1. The molecular formula is C18H16FNO5. The maximum atomic E-state index is 12.9. The van der Waals surface area contributed by atoms with Crippen LogP contribution in [-0.4, -0.2) is 36.1 Å². The molecule has 0 heterocycles. The van der Waals surface area contributed by atoms with E-state index in [0.717, 1.165) is 0 Å². The summed E-state index contributed by atoms with van der Waals surface area (Å²) >= 11 is 0. The van der Waals surface area contributed by atoms with E-state index in [1.54, 1.807) is 0 Å². The fourth-order valence-corrected chi connectivity index (χ4v) is 2.20. The first-order valence-electron chi connectivity index (χ1n) is 7.37. The lowest BCUT2D eigenvalue weighted by Gasteiger charge is -2.15. The fourth-order valence-electron chi connectivity index (χ4n) is 2.20. The second-order valence-electron chi connectivity index (χ2n) is 5.27. The van der Waals surface area contributed by atoms with Crippen molar-refractivity contribution in [2.75, 3.05) is 7.11 Å². The number of carbonyl (C=O) groups excluding carboxylic acids is 2. The number of halogens is 1. The molecule has 2 rings (SSSR count). The van der Waals surface area contributed by atoms with Gasteiger partial charge in [-0.25, -0.2) is 14.0 Å². The monoisotopic (exact) mass is 345 g/mol. The Morgan fingerprint density at radius 1 is 1.12 bits per heavy atom. The molecule has 25 heavy (non-hydrogen) atoms. The van der Waals surface area contributed by atoms with Crippen LogP contribution in [0.1, 0.15) is 26.3 Å². The van der Waals surface area contributed by atoms with Gasteiger partial charge in [0, 0.05) is 12.0 Å². The molecule has 1 amide bonds. The van der Waals surface area contributed by atoms with Crippen molar-refractivity contribution in [3.05, 3.63) is 71.0 Å². The first-order valence-corrected chi connectivity index (χ1v) is 7.37. The first kappa shape index (κ1) is 18.1. The molecule has 0 saturated carbocycles. The number of benzene rings is 2. The van der Waals surface area contributed by atoms with Crippen molar-refractivity contribution in [1.29, 1.82) is 0 Å². The van der Waals surface area contributed by atoms with E-state index in [1.165, 1.54) is 55.6 Å². The summed E-state index contributed by atoms with van der Waals surface area (Å²) in [5.74, 6) is -2.89. The van der Waals surface area contributed by atoms with E-state index in [-0.39, 0.29) is 17.5 Å². The van der Waals surface area contributed by atoms with Gasteiger partial charge in [0.2, 0.25) is 0 Å². The van der Waals surface area contributed by atoms with Crippen molar-refractivity contribution in [3.8, 4) is 0 Å². The van der Waals surface area contributed by atoms with Gasteiger partial charge < -0.3 is 15.2 Å². The van der Waals surface area contributed by atoms with Gasteiger partial charge in [0.15, 0.2) is 0 Å². The van der Waals surface area contributed by atoms with Gasteiger partial charge in [0.05, 0.1) is 12.7 Å². The van der Waals surface area contributed by atoms with Crippen LogP contribution in [0.5, 0.6) is 0 Å². The lowest BCUT2D eigenvalue weighted by Crippen LogP contribution is -2.42. The van der Waals surface area contributed by atoms with Gasteiger partial charge in [-0.2, -0.15) is 0 Å². The Morgan fingerprint density at radius 2 is 1.76 bits per heavy atom. The molecule has 6 nitrogen and oxygen atoms in total. The Hall–Kier alpha value is -3.22. The second kappa shape index (κ2) is 8.05. The standard InChI is InChI=1S/C18H16FNO5/c1-25-18(24)13-4-2-3-12(10-13)16(21)20-15(17(22)23)9-11-5-7-14(19)8-6-11/h2-8,10,15H,9H2,1H3,(H,20,21)(H,22,23)/t15-/m0/s1. The van der Waals surface area contributed by atoms with E-state index in [9.17, 15) is 23.9 Å². The zero-order valence-electron chi connectivity index (χ0n) is 13.4. The number of rotatable bonds is 6. The number of aliphatic carboxylic acids is 1. The molecule has 2 aromatic carbocycles. The lowest BCUT2D eigenvalue weighted by atomic mass is 10.0. The van der Waals surface area contributed by atoms with Crippen LogP contribution in [0.2, 0.25) is 0 Å². The van der Waals surface area contributed by atoms with Crippen LogP contribution >= 0.6 is 0 Å². The molecule has 1 atom stereocenters. The average Bonchev–Trinajstić information content (AvgIpc) is 2.62. The molecule has 0 fully saturated rings. The van der Waals surface area contributed by atoms with Crippen LogP contribution in [-0.2, 0) is 16.0 Å². The summed E-state index contributed by atoms with van der Waals surface area (Å²) in [6.45, 7) is 0. The van der Waals surface area contributed by atoms with E-state index in [1.807, 2.05) is 0 Å². The molecular weight excluding hydrogens is 329 g/mol. The molecule has 0 aliphatic carbocycles. The van der Waals surface area contributed by atoms with Gasteiger partial charge in [0.1, 0.15) is 11.9 Å². The SMILES string of the molecule is COC(=O)c1cccc(C(=O)N[C@@H](Cc2ccc(F)cc2)C(=O)O)c1. The van der Waals surface area contributed by atoms with Gasteiger partial charge in [-0.15, -0.1) is 0 Å². The zero-order chi connectivity index (χ0) is 18.4. The van der Waals surface area contributed by atoms with Crippen molar-refractivity contribution in [1.82, 2.24) is 5.32 Å². The third-order valence-electron chi connectivity index (χ3n) is 3.50. The molecule has 0 radical (unpaired) electrons. The summed E-state index contributed by atoms with van der Waals surface area (Å²) in [7, 11) is 1.22. The van der Waals surface area contributed by atoms with Gasteiger partial charge in [-0.1, -0.05) is 18.2 Å². The molecule has 0 bridgehead atoms. The summed E-state index contributed by atoms with van der Waals surface area (Å²) in [6.07, 6.45) is -0.00194. The molecule has 130 valence electrons. The molecule has 0 aromatic heterocycles. The molecule has 0 saturated heterocycles. The lowest BCUT2D eigenvalue weighted by molar-refractivity contribution is -0.139.